The summed E-state index contributed by atoms with van der Waals surface area (Å²) in [4.78, 5) is 2.09. The molecule has 2 rings (SSSR count). The van der Waals surface area contributed by atoms with Crippen molar-refractivity contribution in [2.24, 2.45) is 0 Å². The summed E-state index contributed by atoms with van der Waals surface area (Å²) < 4.78 is 0. The van der Waals surface area contributed by atoms with Crippen LogP contribution in [0.2, 0.25) is 0 Å². The number of aryl methyl sites for hydroxylation is 1. The first kappa shape index (κ1) is 12.2. The minimum absolute atomic E-state index is 0.422. The zero-order valence-corrected chi connectivity index (χ0v) is 10.7. The lowest BCUT2D eigenvalue weighted by Gasteiger charge is -2.03. The Morgan fingerprint density at radius 3 is 2.06 bits per heavy atom. The molecular weight excluding hydrogens is 240 g/mol. The number of benzene rings is 2. The van der Waals surface area contributed by atoms with Gasteiger partial charge in [-0.15, -0.1) is 0 Å². The van der Waals surface area contributed by atoms with E-state index in [1.54, 1.807) is 23.9 Å². The Morgan fingerprint density at radius 1 is 0.833 bits per heavy atom. The number of nitrogens with zero attached hydrogens (tertiary/aromatic N) is 2. The third kappa shape index (κ3) is 2.71. The zero-order chi connectivity index (χ0) is 13.0. The quantitative estimate of drug-likeness (QED) is 0.812. The second kappa shape index (κ2) is 5.40. The fourth-order valence-corrected chi connectivity index (χ4v) is 2.38. The number of rotatable bonds is 2. The van der Waals surface area contributed by atoms with Crippen molar-refractivity contribution in [2.75, 3.05) is 0 Å². The highest BCUT2D eigenvalue weighted by molar-refractivity contribution is 7.99. The van der Waals surface area contributed by atoms with Gasteiger partial charge in [0.05, 0.1) is 11.1 Å². The van der Waals surface area contributed by atoms with Crippen molar-refractivity contribution in [3.63, 3.8) is 0 Å². The largest absolute Gasteiger partial charge is 0.192 e. The average molecular weight is 250 g/mol. The van der Waals surface area contributed by atoms with E-state index in [2.05, 4.69) is 12.1 Å². The van der Waals surface area contributed by atoms with Gasteiger partial charge in [-0.05, 0) is 37.3 Å². The van der Waals surface area contributed by atoms with Crippen LogP contribution in [0.1, 0.15) is 16.7 Å². The van der Waals surface area contributed by atoms with Gasteiger partial charge < -0.3 is 0 Å². The van der Waals surface area contributed by atoms with Gasteiger partial charge >= 0.3 is 0 Å². The van der Waals surface area contributed by atoms with Crippen molar-refractivity contribution < 1.29 is 0 Å². The lowest BCUT2D eigenvalue weighted by Crippen LogP contribution is -1.84. The van der Waals surface area contributed by atoms with Crippen LogP contribution in [0.25, 0.3) is 0 Å². The van der Waals surface area contributed by atoms with Crippen LogP contribution in [-0.2, 0) is 0 Å². The molecule has 0 saturated carbocycles. The summed E-state index contributed by atoms with van der Waals surface area (Å²) in [6, 6.07) is 17.6. The molecule has 0 amide bonds. The molecule has 18 heavy (non-hydrogen) atoms. The Balaban J connectivity index is 2.28. The standard InChI is InChI=1S/C15H10N2S/c1-11-2-5-14(6-3-11)18-15-7-4-12(9-16)13(8-15)10-17/h2-8H,1H3. The molecule has 0 atom stereocenters. The third-order valence-electron chi connectivity index (χ3n) is 2.49. The van der Waals surface area contributed by atoms with Crippen LogP contribution < -0.4 is 0 Å². The fourth-order valence-electron chi connectivity index (χ4n) is 1.52. The second-order valence-corrected chi connectivity index (χ2v) is 4.99. The van der Waals surface area contributed by atoms with E-state index in [-0.39, 0.29) is 0 Å². The molecule has 0 aliphatic carbocycles. The van der Waals surface area contributed by atoms with Crippen LogP contribution in [-0.4, -0.2) is 0 Å². The summed E-state index contributed by atoms with van der Waals surface area (Å²) in [7, 11) is 0. The highest BCUT2D eigenvalue weighted by atomic mass is 32.2. The van der Waals surface area contributed by atoms with Crippen LogP contribution in [0.4, 0.5) is 0 Å². The van der Waals surface area contributed by atoms with Crippen molar-refractivity contribution in [3.8, 4) is 12.1 Å². The van der Waals surface area contributed by atoms with E-state index in [4.69, 9.17) is 10.5 Å². The summed E-state index contributed by atoms with van der Waals surface area (Å²) in [5.41, 5.74) is 2.07. The Bertz CT molecular complexity index is 646. The lowest BCUT2D eigenvalue weighted by atomic mass is 10.1. The lowest BCUT2D eigenvalue weighted by molar-refractivity contribution is 1.34. The van der Waals surface area contributed by atoms with Gasteiger partial charge in [0.1, 0.15) is 12.1 Å². The van der Waals surface area contributed by atoms with E-state index >= 15 is 0 Å². The van der Waals surface area contributed by atoms with Gasteiger partial charge in [0.2, 0.25) is 0 Å². The van der Waals surface area contributed by atoms with Crippen molar-refractivity contribution in [2.45, 2.75) is 16.7 Å². The highest BCUT2D eigenvalue weighted by Crippen LogP contribution is 2.29. The second-order valence-electron chi connectivity index (χ2n) is 3.85. The molecule has 0 saturated heterocycles. The molecule has 3 heteroatoms. The van der Waals surface area contributed by atoms with Crippen molar-refractivity contribution in [3.05, 3.63) is 59.2 Å². The molecule has 0 fully saturated rings. The first-order chi connectivity index (χ1) is 8.72. The molecule has 0 unspecified atom stereocenters. The third-order valence-corrected chi connectivity index (χ3v) is 3.49. The van der Waals surface area contributed by atoms with E-state index in [9.17, 15) is 0 Å². The van der Waals surface area contributed by atoms with Crippen LogP contribution in [0.3, 0.4) is 0 Å². The predicted molar refractivity (Wildman–Crippen MR) is 71.2 cm³/mol. The van der Waals surface area contributed by atoms with Gasteiger partial charge in [0.25, 0.3) is 0 Å². The van der Waals surface area contributed by atoms with E-state index in [1.807, 2.05) is 37.3 Å². The smallest absolute Gasteiger partial charge is 0.101 e. The summed E-state index contributed by atoms with van der Waals surface area (Å²) in [5, 5.41) is 17.8. The first-order valence-electron chi connectivity index (χ1n) is 5.41. The normalized spacial score (nSPS) is 9.50. The Labute approximate surface area is 110 Å². The Morgan fingerprint density at radius 2 is 1.44 bits per heavy atom. The number of hydrogen-bond donors (Lipinski definition) is 0. The van der Waals surface area contributed by atoms with Gasteiger partial charge in [-0.25, -0.2) is 0 Å². The molecular formula is C15H10N2S. The topological polar surface area (TPSA) is 47.6 Å². The van der Waals surface area contributed by atoms with Gasteiger partial charge in [0, 0.05) is 9.79 Å². The van der Waals surface area contributed by atoms with Gasteiger partial charge in [-0.3, -0.25) is 0 Å². The minimum atomic E-state index is 0.422. The molecule has 2 aromatic carbocycles. The molecule has 0 spiro atoms. The van der Waals surface area contributed by atoms with Gasteiger partial charge in [-0.2, -0.15) is 10.5 Å². The maximum atomic E-state index is 8.97. The molecule has 2 aromatic rings. The zero-order valence-electron chi connectivity index (χ0n) is 9.84. The molecule has 0 bridgehead atoms. The summed E-state index contributed by atoms with van der Waals surface area (Å²) >= 11 is 1.58. The maximum absolute atomic E-state index is 8.97. The molecule has 0 N–H and O–H groups in total. The monoisotopic (exact) mass is 250 g/mol. The summed E-state index contributed by atoms with van der Waals surface area (Å²) in [6.07, 6.45) is 0. The van der Waals surface area contributed by atoms with Crippen molar-refractivity contribution >= 4 is 11.8 Å². The molecule has 0 heterocycles. The molecule has 0 radical (unpaired) electrons. The van der Waals surface area contributed by atoms with Crippen LogP contribution in [0.15, 0.2) is 52.3 Å². The minimum Gasteiger partial charge on any atom is -0.192 e. The number of hydrogen-bond acceptors (Lipinski definition) is 3. The Hall–Kier alpha value is -2.23. The highest BCUT2D eigenvalue weighted by Gasteiger charge is 2.04. The molecule has 0 aliphatic rings. The molecule has 0 aromatic heterocycles. The molecule has 0 aliphatic heterocycles. The van der Waals surface area contributed by atoms with Crippen LogP contribution in [0, 0.1) is 29.6 Å². The van der Waals surface area contributed by atoms with E-state index in [1.165, 1.54) is 5.56 Å². The van der Waals surface area contributed by atoms with Crippen molar-refractivity contribution in [1.29, 1.82) is 10.5 Å². The number of nitriles is 2. The predicted octanol–water partition coefficient (Wildman–Crippen LogP) is 3.89. The maximum Gasteiger partial charge on any atom is 0.101 e. The summed E-state index contributed by atoms with van der Waals surface area (Å²) in [6.45, 7) is 2.05. The van der Waals surface area contributed by atoms with Crippen LogP contribution in [0.5, 0.6) is 0 Å². The molecule has 86 valence electrons. The fraction of sp³-hybridized carbons (Fsp3) is 0.0667. The van der Waals surface area contributed by atoms with E-state index in [0.29, 0.717) is 11.1 Å². The van der Waals surface area contributed by atoms with E-state index in [0.717, 1.165) is 9.79 Å². The van der Waals surface area contributed by atoms with Crippen LogP contribution >= 0.6 is 11.8 Å². The first-order valence-corrected chi connectivity index (χ1v) is 6.23. The van der Waals surface area contributed by atoms with E-state index < -0.39 is 0 Å². The average Bonchev–Trinajstić information content (AvgIpc) is 2.41. The van der Waals surface area contributed by atoms with Gasteiger partial charge in [-0.1, -0.05) is 29.5 Å². The SMILES string of the molecule is Cc1ccc(Sc2ccc(C#N)c(C#N)c2)cc1. The summed E-state index contributed by atoms with van der Waals surface area (Å²) in [5.74, 6) is 0. The van der Waals surface area contributed by atoms with Gasteiger partial charge in [0.15, 0.2) is 0 Å². The Kier molecular flexibility index (Phi) is 3.67. The molecule has 2 nitrogen and oxygen atoms in total. The van der Waals surface area contributed by atoms with Crippen molar-refractivity contribution in [1.82, 2.24) is 0 Å².